The number of urea groups is 1. The molecule has 0 saturated carbocycles. The molecule has 2 aromatic heterocycles. The van der Waals surface area contributed by atoms with Gasteiger partial charge in [0.1, 0.15) is 5.75 Å². The molecule has 0 atom stereocenters. The molecule has 2 amide bonds. The average Bonchev–Trinajstić information content (AvgIpc) is 3.31. The van der Waals surface area contributed by atoms with E-state index in [-0.39, 0.29) is 11.8 Å². The summed E-state index contributed by atoms with van der Waals surface area (Å²) in [6.07, 6.45) is 0. The Morgan fingerprint density at radius 3 is 2.73 bits per heavy atom. The summed E-state index contributed by atoms with van der Waals surface area (Å²) >= 11 is 8.73. The fourth-order valence-electron chi connectivity index (χ4n) is 2.24. The molecule has 5 nitrogen and oxygen atoms in total. The van der Waals surface area contributed by atoms with Crippen LogP contribution in [0.2, 0.25) is 5.02 Å². The normalized spacial score (nSPS) is 10.4. The highest BCUT2D eigenvalue weighted by atomic mass is 35.5. The molecule has 0 radical (unpaired) electrons. The van der Waals surface area contributed by atoms with Crippen LogP contribution >= 0.6 is 34.3 Å². The van der Waals surface area contributed by atoms with E-state index in [1.165, 1.54) is 29.8 Å². The van der Waals surface area contributed by atoms with Gasteiger partial charge in [-0.2, -0.15) is 0 Å². The van der Waals surface area contributed by atoms with E-state index >= 15 is 0 Å². The van der Waals surface area contributed by atoms with Crippen LogP contribution in [0.15, 0.2) is 47.8 Å². The predicted octanol–water partition coefficient (Wildman–Crippen LogP) is 5.02. The third kappa shape index (κ3) is 4.43. The fraction of sp³-hybridized carbons (Fsp3) is 0.111. The second-order valence-corrected chi connectivity index (χ2v) is 7.78. The molecule has 0 aliphatic rings. The summed E-state index contributed by atoms with van der Waals surface area (Å²) in [6, 6.07) is 11.9. The number of methoxy groups -OCH3 is 1. The van der Waals surface area contributed by atoms with Crippen LogP contribution in [-0.2, 0) is 6.54 Å². The van der Waals surface area contributed by atoms with E-state index in [0.29, 0.717) is 32.8 Å². The molecular formula is C18H15ClN2O3S2. The van der Waals surface area contributed by atoms with Gasteiger partial charge in [-0.15, -0.1) is 22.7 Å². The molecular weight excluding hydrogens is 392 g/mol. The highest BCUT2D eigenvalue weighted by Crippen LogP contribution is 2.27. The van der Waals surface area contributed by atoms with E-state index < -0.39 is 0 Å². The smallest absolute Gasteiger partial charge is 0.319 e. The monoisotopic (exact) mass is 406 g/mol. The number of carbonyl (C=O) groups is 2. The number of ketones is 1. The Bertz CT molecular complexity index is 922. The van der Waals surface area contributed by atoms with Crippen LogP contribution in [0.3, 0.4) is 0 Å². The molecule has 0 aliphatic heterocycles. The van der Waals surface area contributed by atoms with Crippen LogP contribution in [-0.4, -0.2) is 18.9 Å². The number of ether oxygens (including phenoxy) is 1. The van der Waals surface area contributed by atoms with Gasteiger partial charge < -0.3 is 15.4 Å². The number of amides is 2. The third-order valence-corrected chi connectivity index (χ3v) is 5.65. The van der Waals surface area contributed by atoms with Crippen molar-refractivity contribution in [3.05, 3.63) is 67.5 Å². The summed E-state index contributed by atoms with van der Waals surface area (Å²) in [5, 5.41) is 7.83. The zero-order valence-corrected chi connectivity index (χ0v) is 16.1. The Hall–Kier alpha value is -2.35. The van der Waals surface area contributed by atoms with Crippen molar-refractivity contribution in [1.29, 1.82) is 0 Å². The van der Waals surface area contributed by atoms with E-state index in [1.807, 2.05) is 17.5 Å². The molecule has 0 spiro atoms. The summed E-state index contributed by atoms with van der Waals surface area (Å²) < 4.78 is 5.19. The van der Waals surface area contributed by atoms with Crippen molar-refractivity contribution in [1.82, 2.24) is 5.32 Å². The van der Waals surface area contributed by atoms with Crippen molar-refractivity contribution in [2.45, 2.75) is 6.54 Å². The molecule has 1 aromatic carbocycles. The molecule has 134 valence electrons. The fourth-order valence-corrected chi connectivity index (χ4v) is 4.05. The van der Waals surface area contributed by atoms with Crippen molar-refractivity contribution in [3.8, 4) is 5.75 Å². The molecule has 0 aliphatic carbocycles. The standard InChI is InChI=1S/C18H15ClN2O3S2/c1-24-14-6-4-11(19)9-13(14)21-18(23)20-10-12-5-7-16(26-12)17(22)15-3-2-8-25-15/h2-9H,10H2,1H3,(H2,20,21,23). The van der Waals surface area contributed by atoms with Crippen molar-refractivity contribution in [3.63, 3.8) is 0 Å². The number of benzene rings is 1. The second kappa shape index (κ2) is 8.35. The molecule has 2 heterocycles. The zero-order chi connectivity index (χ0) is 18.5. The zero-order valence-electron chi connectivity index (χ0n) is 13.7. The maximum Gasteiger partial charge on any atom is 0.319 e. The van der Waals surface area contributed by atoms with Gasteiger partial charge in [0.25, 0.3) is 0 Å². The van der Waals surface area contributed by atoms with Gasteiger partial charge in [0.2, 0.25) is 5.78 Å². The maximum atomic E-state index is 12.3. The van der Waals surface area contributed by atoms with E-state index in [4.69, 9.17) is 16.3 Å². The van der Waals surface area contributed by atoms with Gasteiger partial charge in [0.05, 0.1) is 29.1 Å². The second-order valence-electron chi connectivity index (χ2n) is 5.22. The van der Waals surface area contributed by atoms with E-state index in [9.17, 15) is 9.59 Å². The number of anilines is 1. The molecule has 0 saturated heterocycles. The molecule has 26 heavy (non-hydrogen) atoms. The van der Waals surface area contributed by atoms with Gasteiger partial charge in [0.15, 0.2) is 0 Å². The van der Waals surface area contributed by atoms with Gasteiger partial charge in [-0.1, -0.05) is 17.7 Å². The van der Waals surface area contributed by atoms with Crippen LogP contribution in [0.4, 0.5) is 10.5 Å². The first-order valence-corrected chi connectivity index (χ1v) is 9.69. The third-order valence-electron chi connectivity index (χ3n) is 3.46. The molecule has 0 bridgehead atoms. The number of rotatable bonds is 6. The lowest BCUT2D eigenvalue weighted by Crippen LogP contribution is -2.28. The molecule has 0 unspecified atom stereocenters. The highest BCUT2D eigenvalue weighted by Gasteiger charge is 2.13. The van der Waals surface area contributed by atoms with Crippen molar-refractivity contribution >= 4 is 51.8 Å². The number of halogens is 1. The summed E-state index contributed by atoms with van der Waals surface area (Å²) in [5.41, 5.74) is 0.484. The van der Waals surface area contributed by atoms with Crippen LogP contribution in [0, 0.1) is 0 Å². The first kappa shape index (κ1) is 18.4. The van der Waals surface area contributed by atoms with Crippen LogP contribution in [0.1, 0.15) is 19.4 Å². The number of carbonyl (C=O) groups excluding carboxylic acids is 2. The lowest BCUT2D eigenvalue weighted by atomic mass is 10.3. The number of thiophene rings is 2. The minimum Gasteiger partial charge on any atom is -0.495 e. The average molecular weight is 407 g/mol. The van der Waals surface area contributed by atoms with Crippen molar-refractivity contribution in [2.24, 2.45) is 0 Å². The SMILES string of the molecule is COc1ccc(Cl)cc1NC(=O)NCc1ccc(C(=O)c2cccs2)s1. The Kier molecular flexibility index (Phi) is 5.92. The largest absolute Gasteiger partial charge is 0.495 e. The van der Waals surface area contributed by atoms with Gasteiger partial charge in [-0.05, 0) is 41.8 Å². The van der Waals surface area contributed by atoms with Crippen LogP contribution in [0.5, 0.6) is 5.75 Å². The van der Waals surface area contributed by atoms with Crippen LogP contribution < -0.4 is 15.4 Å². The minimum atomic E-state index is -0.384. The maximum absolute atomic E-state index is 12.3. The first-order chi connectivity index (χ1) is 12.6. The van der Waals surface area contributed by atoms with Crippen molar-refractivity contribution < 1.29 is 14.3 Å². The molecule has 0 fully saturated rings. The van der Waals surface area contributed by atoms with E-state index in [0.717, 1.165) is 4.88 Å². The Balaban J connectivity index is 1.59. The first-order valence-electron chi connectivity index (χ1n) is 7.62. The molecule has 2 N–H and O–H groups in total. The highest BCUT2D eigenvalue weighted by molar-refractivity contribution is 7.16. The Morgan fingerprint density at radius 2 is 2.00 bits per heavy atom. The lowest BCUT2D eigenvalue weighted by molar-refractivity contribution is 0.104. The van der Waals surface area contributed by atoms with Gasteiger partial charge in [0, 0.05) is 9.90 Å². The number of hydrogen-bond donors (Lipinski definition) is 2. The minimum absolute atomic E-state index is 0.00404. The summed E-state index contributed by atoms with van der Waals surface area (Å²) in [6.45, 7) is 0.317. The topological polar surface area (TPSA) is 67.4 Å². The van der Waals surface area contributed by atoms with E-state index in [1.54, 1.807) is 30.3 Å². The van der Waals surface area contributed by atoms with Crippen molar-refractivity contribution in [2.75, 3.05) is 12.4 Å². The van der Waals surface area contributed by atoms with E-state index in [2.05, 4.69) is 10.6 Å². The van der Waals surface area contributed by atoms with Gasteiger partial charge in [-0.3, -0.25) is 4.79 Å². The Labute approximate surface area is 163 Å². The summed E-state index contributed by atoms with van der Waals surface area (Å²) in [4.78, 5) is 26.7. The summed E-state index contributed by atoms with van der Waals surface area (Å²) in [5.74, 6) is 0.522. The van der Waals surface area contributed by atoms with Crippen LogP contribution in [0.25, 0.3) is 0 Å². The number of hydrogen-bond acceptors (Lipinski definition) is 5. The lowest BCUT2D eigenvalue weighted by Gasteiger charge is -2.11. The Morgan fingerprint density at radius 1 is 1.15 bits per heavy atom. The molecule has 3 rings (SSSR count). The summed E-state index contributed by atoms with van der Waals surface area (Å²) in [7, 11) is 1.52. The van der Waals surface area contributed by atoms with Gasteiger partial charge >= 0.3 is 6.03 Å². The molecule has 8 heteroatoms. The molecule has 3 aromatic rings. The number of nitrogens with one attached hydrogen (secondary N) is 2. The van der Waals surface area contributed by atoms with Gasteiger partial charge in [-0.25, -0.2) is 4.79 Å². The predicted molar refractivity (Wildman–Crippen MR) is 106 cm³/mol. The quantitative estimate of drug-likeness (QED) is 0.564.